The van der Waals surface area contributed by atoms with Gasteiger partial charge >= 0.3 is 0 Å². The van der Waals surface area contributed by atoms with Crippen molar-refractivity contribution in [2.24, 2.45) is 5.92 Å². The van der Waals surface area contributed by atoms with E-state index in [9.17, 15) is 4.79 Å². The Morgan fingerprint density at radius 3 is 2.45 bits per heavy atom. The van der Waals surface area contributed by atoms with E-state index in [2.05, 4.69) is 24.3 Å². The van der Waals surface area contributed by atoms with E-state index in [1.54, 1.807) is 6.07 Å². The van der Waals surface area contributed by atoms with Crippen LogP contribution in [-0.2, 0) is 0 Å². The molecule has 0 saturated heterocycles. The lowest BCUT2D eigenvalue weighted by atomic mass is 10.1. The smallest absolute Gasteiger partial charge is 0.290 e. The minimum atomic E-state index is -0.225. The number of aryl methyl sites for hydroxylation is 1. The van der Waals surface area contributed by atoms with Crippen molar-refractivity contribution in [2.75, 3.05) is 0 Å². The Morgan fingerprint density at radius 1 is 1.20 bits per heavy atom. The minimum Gasteiger partial charge on any atom is -0.350 e. The second-order valence-corrected chi connectivity index (χ2v) is 5.45. The van der Waals surface area contributed by atoms with Gasteiger partial charge in [-0.3, -0.25) is 4.79 Å². The molecule has 0 aliphatic heterocycles. The molecule has 0 spiro atoms. The van der Waals surface area contributed by atoms with Gasteiger partial charge in [-0.2, -0.15) is 0 Å². The molecule has 1 atom stereocenters. The molecule has 0 aliphatic carbocycles. The van der Waals surface area contributed by atoms with Crippen LogP contribution in [0.25, 0.3) is 11.3 Å². The van der Waals surface area contributed by atoms with Crippen molar-refractivity contribution < 1.29 is 9.32 Å². The SMILES string of the molecule is Cc1ccc(-c2cc(C(=O)N[C@H](C)C(C)C)on2)cc1. The average molecular weight is 272 g/mol. The number of nitrogens with zero attached hydrogens (tertiary/aromatic N) is 1. The number of amides is 1. The van der Waals surface area contributed by atoms with Crippen LogP contribution in [0.3, 0.4) is 0 Å². The molecule has 2 rings (SSSR count). The molecule has 0 unspecified atom stereocenters. The van der Waals surface area contributed by atoms with Gasteiger partial charge in [-0.1, -0.05) is 48.8 Å². The highest BCUT2D eigenvalue weighted by molar-refractivity contribution is 5.92. The molecular formula is C16H20N2O2. The van der Waals surface area contributed by atoms with Crippen molar-refractivity contribution in [2.45, 2.75) is 33.7 Å². The summed E-state index contributed by atoms with van der Waals surface area (Å²) in [5, 5.41) is 6.85. The van der Waals surface area contributed by atoms with E-state index in [1.165, 1.54) is 5.56 Å². The lowest BCUT2D eigenvalue weighted by molar-refractivity contribution is 0.0893. The molecule has 4 heteroatoms. The van der Waals surface area contributed by atoms with Gasteiger partial charge in [-0.15, -0.1) is 0 Å². The molecular weight excluding hydrogens is 252 g/mol. The van der Waals surface area contributed by atoms with Crippen molar-refractivity contribution in [3.05, 3.63) is 41.7 Å². The summed E-state index contributed by atoms with van der Waals surface area (Å²) in [5.74, 6) is 0.392. The largest absolute Gasteiger partial charge is 0.350 e. The maximum absolute atomic E-state index is 12.0. The van der Waals surface area contributed by atoms with Gasteiger partial charge in [0.15, 0.2) is 0 Å². The van der Waals surface area contributed by atoms with E-state index < -0.39 is 0 Å². The van der Waals surface area contributed by atoms with Crippen LogP contribution in [0.15, 0.2) is 34.9 Å². The second kappa shape index (κ2) is 5.90. The fourth-order valence-corrected chi connectivity index (χ4v) is 1.69. The number of rotatable bonds is 4. The fourth-order valence-electron chi connectivity index (χ4n) is 1.69. The normalized spacial score (nSPS) is 12.4. The van der Waals surface area contributed by atoms with Gasteiger partial charge in [-0.25, -0.2) is 0 Å². The lowest BCUT2D eigenvalue weighted by Gasteiger charge is -2.15. The third-order valence-corrected chi connectivity index (χ3v) is 3.44. The third kappa shape index (κ3) is 3.26. The molecule has 0 bridgehead atoms. The predicted molar refractivity (Wildman–Crippen MR) is 78.4 cm³/mol. The Morgan fingerprint density at radius 2 is 1.85 bits per heavy atom. The van der Waals surface area contributed by atoms with E-state index in [4.69, 9.17) is 4.52 Å². The third-order valence-electron chi connectivity index (χ3n) is 3.44. The molecule has 1 heterocycles. The molecule has 2 aromatic rings. The van der Waals surface area contributed by atoms with Crippen molar-refractivity contribution in [3.8, 4) is 11.3 Å². The quantitative estimate of drug-likeness (QED) is 0.927. The number of carbonyl (C=O) groups excluding carboxylic acids is 1. The summed E-state index contributed by atoms with van der Waals surface area (Å²) in [6.45, 7) is 8.12. The van der Waals surface area contributed by atoms with Crippen molar-refractivity contribution in [3.63, 3.8) is 0 Å². The topological polar surface area (TPSA) is 55.1 Å². The van der Waals surface area contributed by atoms with E-state index in [0.29, 0.717) is 11.6 Å². The molecule has 0 radical (unpaired) electrons. The fraction of sp³-hybridized carbons (Fsp3) is 0.375. The first-order valence-electron chi connectivity index (χ1n) is 6.82. The first-order chi connectivity index (χ1) is 9.47. The second-order valence-electron chi connectivity index (χ2n) is 5.45. The molecule has 0 saturated carbocycles. The van der Waals surface area contributed by atoms with E-state index >= 15 is 0 Å². The predicted octanol–water partition coefficient (Wildman–Crippen LogP) is 3.42. The maximum atomic E-state index is 12.0. The Bertz CT molecular complexity index is 585. The van der Waals surface area contributed by atoms with Gasteiger partial charge < -0.3 is 9.84 Å². The van der Waals surface area contributed by atoms with Crippen LogP contribution in [-0.4, -0.2) is 17.1 Å². The Kier molecular flexibility index (Phi) is 4.23. The molecule has 0 aliphatic rings. The summed E-state index contributed by atoms with van der Waals surface area (Å²) in [6, 6.07) is 9.70. The average Bonchev–Trinajstić information content (AvgIpc) is 2.89. The maximum Gasteiger partial charge on any atom is 0.290 e. The Balaban J connectivity index is 2.12. The number of aromatic nitrogens is 1. The lowest BCUT2D eigenvalue weighted by Crippen LogP contribution is -2.35. The summed E-state index contributed by atoms with van der Waals surface area (Å²) in [7, 11) is 0. The van der Waals surface area contributed by atoms with Crippen LogP contribution in [0.1, 0.15) is 36.9 Å². The van der Waals surface area contributed by atoms with E-state index in [-0.39, 0.29) is 17.7 Å². The summed E-state index contributed by atoms with van der Waals surface area (Å²) < 4.78 is 5.13. The number of benzene rings is 1. The van der Waals surface area contributed by atoms with Crippen molar-refractivity contribution >= 4 is 5.91 Å². The molecule has 1 amide bonds. The van der Waals surface area contributed by atoms with Gasteiger partial charge in [-0.05, 0) is 19.8 Å². The van der Waals surface area contributed by atoms with Gasteiger partial charge in [0.1, 0.15) is 5.69 Å². The van der Waals surface area contributed by atoms with Crippen molar-refractivity contribution in [1.82, 2.24) is 10.5 Å². The molecule has 4 nitrogen and oxygen atoms in total. The summed E-state index contributed by atoms with van der Waals surface area (Å²) in [5.41, 5.74) is 2.80. The van der Waals surface area contributed by atoms with Crippen LogP contribution in [0.2, 0.25) is 0 Å². The number of hydrogen-bond donors (Lipinski definition) is 1. The van der Waals surface area contributed by atoms with Gasteiger partial charge in [0, 0.05) is 17.7 Å². The van der Waals surface area contributed by atoms with Gasteiger partial charge in [0.05, 0.1) is 0 Å². The molecule has 1 N–H and O–H groups in total. The first kappa shape index (κ1) is 14.3. The standard InChI is InChI=1S/C16H20N2O2/c1-10(2)12(4)17-16(19)15-9-14(18-20-15)13-7-5-11(3)6-8-13/h5-10,12H,1-4H3,(H,17,19)/t12-/m1/s1. The number of carbonyl (C=O) groups is 1. The van der Waals surface area contributed by atoms with Crippen molar-refractivity contribution in [1.29, 1.82) is 0 Å². The minimum absolute atomic E-state index is 0.0930. The monoisotopic (exact) mass is 272 g/mol. The van der Waals surface area contributed by atoms with Crippen LogP contribution in [0.4, 0.5) is 0 Å². The van der Waals surface area contributed by atoms with Crippen LogP contribution in [0.5, 0.6) is 0 Å². The number of nitrogens with one attached hydrogen (secondary N) is 1. The van der Waals surface area contributed by atoms with E-state index in [1.807, 2.05) is 38.1 Å². The van der Waals surface area contributed by atoms with E-state index in [0.717, 1.165) is 5.56 Å². The Hall–Kier alpha value is -2.10. The van der Waals surface area contributed by atoms with Crippen LogP contribution >= 0.6 is 0 Å². The summed E-state index contributed by atoms with van der Waals surface area (Å²) in [6.07, 6.45) is 0. The molecule has 1 aromatic heterocycles. The molecule has 1 aromatic carbocycles. The van der Waals surface area contributed by atoms with Crippen LogP contribution < -0.4 is 5.32 Å². The summed E-state index contributed by atoms with van der Waals surface area (Å²) in [4.78, 5) is 12.0. The molecule has 106 valence electrons. The first-order valence-corrected chi connectivity index (χ1v) is 6.82. The van der Waals surface area contributed by atoms with Crippen LogP contribution in [0, 0.1) is 12.8 Å². The van der Waals surface area contributed by atoms with Gasteiger partial charge in [0.2, 0.25) is 5.76 Å². The zero-order valence-corrected chi connectivity index (χ0v) is 12.3. The highest BCUT2D eigenvalue weighted by Crippen LogP contribution is 2.19. The highest BCUT2D eigenvalue weighted by Gasteiger charge is 2.17. The highest BCUT2D eigenvalue weighted by atomic mass is 16.5. The summed E-state index contributed by atoms with van der Waals surface area (Å²) >= 11 is 0. The molecule has 20 heavy (non-hydrogen) atoms. The Labute approximate surface area is 119 Å². The zero-order valence-electron chi connectivity index (χ0n) is 12.3. The number of hydrogen-bond acceptors (Lipinski definition) is 3. The molecule has 0 fully saturated rings. The zero-order chi connectivity index (χ0) is 14.7. The van der Waals surface area contributed by atoms with Gasteiger partial charge in [0.25, 0.3) is 5.91 Å².